The third-order valence-electron chi connectivity index (χ3n) is 4.71. The van der Waals surface area contributed by atoms with Crippen LogP contribution in [-0.4, -0.2) is 4.98 Å². The van der Waals surface area contributed by atoms with Crippen molar-refractivity contribution in [2.45, 2.75) is 13.8 Å². The van der Waals surface area contributed by atoms with E-state index in [9.17, 15) is 0 Å². The van der Waals surface area contributed by atoms with E-state index in [4.69, 9.17) is 10.7 Å². The van der Waals surface area contributed by atoms with Gasteiger partial charge in [-0.2, -0.15) is 0 Å². The third-order valence-corrected chi connectivity index (χ3v) is 4.71. The molecular weight excluding hydrogens is 533 g/mol. The van der Waals surface area contributed by atoms with E-state index in [-0.39, 0.29) is 25.7 Å². The number of hydrogen-bond acceptors (Lipinski definition) is 1. The predicted molar refractivity (Wildman–Crippen MR) is 115 cm³/mol. The van der Waals surface area contributed by atoms with Crippen LogP contribution >= 0.6 is 0 Å². The molecule has 4 rings (SSSR count). The quantitative estimate of drug-likeness (QED) is 0.248. The van der Waals surface area contributed by atoms with Crippen LogP contribution in [0.4, 0.5) is 5.69 Å². The molecule has 0 N–H and O–H groups in total. The average molecular weight is 555 g/mol. The van der Waals surface area contributed by atoms with Gasteiger partial charge in [0.05, 0.1) is 6.57 Å². The Kier molecular flexibility index (Phi) is 5.21. The normalized spacial score (nSPS) is 12.1. The molecule has 0 saturated heterocycles. The number of aromatic nitrogens is 1. The number of aryl methyl sites for hydroxylation is 2. The molecule has 0 aliphatic rings. The van der Waals surface area contributed by atoms with Gasteiger partial charge in [0.15, 0.2) is 5.69 Å². The van der Waals surface area contributed by atoms with Crippen molar-refractivity contribution in [3.05, 3.63) is 108 Å². The fraction of sp³-hybridized carbons (Fsp3) is 0.0769. The van der Waals surface area contributed by atoms with E-state index in [1.54, 1.807) is 18.3 Å². The summed E-state index contributed by atoms with van der Waals surface area (Å²) in [5.74, 6) is 0. The maximum absolute atomic E-state index is 7.91. The second kappa shape index (κ2) is 8.97. The zero-order valence-electron chi connectivity index (χ0n) is 18.7. The first-order valence-electron chi connectivity index (χ1n) is 10.4. The van der Waals surface area contributed by atoms with Crippen molar-refractivity contribution >= 4 is 5.69 Å². The van der Waals surface area contributed by atoms with Gasteiger partial charge in [-0.15, -0.1) is 29.3 Å². The number of hydrogen-bond donors (Lipinski definition) is 0. The van der Waals surface area contributed by atoms with Gasteiger partial charge in [0.1, 0.15) is 0 Å². The van der Waals surface area contributed by atoms with Gasteiger partial charge in [-0.25, -0.2) is 4.85 Å². The van der Waals surface area contributed by atoms with Crippen LogP contribution in [0.5, 0.6) is 0 Å². The van der Waals surface area contributed by atoms with Crippen LogP contribution in [-0.2, 0) is 20.1 Å². The molecule has 0 fully saturated rings. The first-order valence-corrected chi connectivity index (χ1v) is 8.93. The summed E-state index contributed by atoms with van der Waals surface area (Å²) in [6.45, 7) is 6.99. The number of nitrogens with zero attached hydrogens (tertiary/aromatic N) is 2. The average Bonchev–Trinajstić information content (AvgIpc) is 2.78. The molecule has 1 aromatic heterocycles. The minimum absolute atomic E-state index is 0. The van der Waals surface area contributed by atoms with Crippen molar-refractivity contribution in [1.82, 2.24) is 4.98 Å². The summed E-state index contributed by atoms with van der Waals surface area (Å²) in [6, 6.07) is 25.4. The number of rotatable bonds is 3. The largest absolute Gasteiger partial charge is 0.304 e. The van der Waals surface area contributed by atoms with Gasteiger partial charge in [-0.3, -0.25) is 0 Å². The van der Waals surface area contributed by atoms with Crippen molar-refractivity contribution < 1.29 is 24.2 Å². The van der Waals surface area contributed by atoms with Crippen molar-refractivity contribution in [2.24, 2.45) is 0 Å². The van der Waals surface area contributed by atoms with Crippen molar-refractivity contribution in [3.8, 4) is 33.5 Å². The first kappa shape index (κ1) is 16.9. The fourth-order valence-electron chi connectivity index (χ4n) is 3.24. The molecule has 2 nitrogen and oxygen atoms in total. The van der Waals surface area contributed by atoms with Gasteiger partial charge < -0.3 is 4.98 Å². The molecule has 3 heteroatoms. The molecule has 143 valence electrons. The maximum Gasteiger partial charge on any atom is 0.187 e. The maximum atomic E-state index is 7.91. The van der Waals surface area contributed by atoms with E-state index in [0.717, 1.165) is 33.5 Å². The van der Waals surface area contributed by atoms with Gasteiger partial charge >= 0.3 is 0 Å². The Morgan fingerprint density at radius 1 is 0.931 bits per heavy atom. The van der Waals surface area contributed by atoms with Crippen LogP contribution in [0.1, 0.15) is 15.2 Å². The van der Waals surface area contributed by atoms with Crippen LogP contribution in [0.15, 0.2) is 79.0 Å². The first-order chi connectivity index (χ1) is 14.9. The zero-order valence-corrected chi connectivity index (χ0v) is 18.1. The van der Waals surface area contributed by atoms with Crippen LogP contribution < -0.4 is 0 Å². The summed E-state index contributed by atoms with van der Waals surface area (Å²) >= 11 is 0. The summed E-state index contributed by atoms with van der Waals surface area (Å²) < 4.78 is 23.7. The molecule has 0 atom stereocenters. The SMILES string of the molecule is [2H]C([2H])([2H])c1c[c-]c(-c2cc(C)c(-c3cccc([N+]#[C-])c3)cn2)cc1-c1ccccc1.[Ir]. The Hall–Kier alpha value is -3.05. The molecule has 4 aromatic rings. The van der Waals surface area contributed by atoms with Gasteiger partial charge in [-0.05, 0) is 40.9 Å². The molecule has 0 spiro atoms. The van der Waals surface area contributed by atoms with E-state index in [1.165, 1.54) is 0 Å². The summed E-state index contributed by atoms with van der Waals surface area (Å²) in [5.41, 5.74) is 6.72. The molecule has 1 radical (unpaired) electrons. The summed E-state index contributed by atoms with van der Waals surface area (Å²) in [4.78, 5) is 8.12. The van der Waals surface area contributed by atoms with Crippen LogP contribution in [0.2, 0.25) is 0 Å². The molecule has 0 aliphatic carbocycles. The Morgan fingerprint density at radius 2 is 1.72 bits per heavy atom. The van der Waals surface area contributed by atoms with Gasteiger partial charge in [0.25, 0.3) is 0 Å². The van der Waals surface area contributed by atoms with Crippen molar-refractivity contribution in [3.63, 3.8) is 0 Å². The van der Waals surface area contributed by atoms with Crippen molar-refractivity contribution in [1.29, 1.82) is 0 Å². The Labute approximate surface area is 189 Å². The minimum Gasteiger partial charge on any atom is -0.304 e. The van der Waals surface area contributed by atoms with Crippen molar-refractivity contribution in [2.75, 3.05) is 0 Å². The topological polar surface area (TPSA) is 17.2 Å². The van der Waals surface area contributed by atoms with E-state index in [2.05, 4.69) is 15.9 Å². The van der Waals surface area contributed by atoms with Crippen LogP contribution in [0.25, 0.3) is 38.4 Å². The molecule has 0 bridgehead atoms. The third kappa shape index (κ3) is 4.35. The molecule has 29 heavy (non-hydrogen) atoms. The summed E-state index contributed by atoms with van der Waals surface area (Å²) in [5, 5.41) is 0. The molecule has 1 heterocycles. The van der Waals surface area contributed by atoms with E-state index < -0.39 is 6.85 Å². The van der Waals surface area contributed by atoms with E-state index in [0.29, 0.717) is 11.3 Å². The Bertz CT molecular complexity index is 1290. The van der Waals surface area contributed by atoms with Gasteiger partial charge in [0.2, 0.25) is 0 Å². The molecule has 0 saturated carbocycles. The second-order valence-electron chi connectivity index (χ2n) is 6.59. The summed E-state index contributed by atoms with van der Waals surface area (Å²) in [7, 11) is 0. The molecule has 0 amide bonds. The number of pyridine rings is 1. The number of benzene rings is 3. The minimum atomic E-state index is -2.23. The zero-order chi connectivity index (χ0) is 22.0. The molecule has 0 aliphatic heterocycles. The van der Waals surface area contributed by atoms with Crippen LogP contribution in [0.3, 0.4) is 0 Å². The standard InChI is InChI=1S/C26H19N2.Ir/c1-18-12-13-22(16-24(18)20-8-5-4-6-9-20)26-14-19(2)25(17-28-26)21-10-7-11-23(15-21)27-3;/h4-12,14-17H,1-2H3;/q-1;/i1D3;. The summed E-state index contributed by atoms with van der Waals surface area (Å²) in [6.07, 6.45) is 1.79. The van der Waals surface area contributed by atoms with E-state index >= 15 is 0 Å². The Balaban J connectivity index is 0.00000289. The molecule has 0 unspecified atom stereocenters. The monoisotopic (exact) mass is 555 g/mol. The fourth-order valence-corrected chi connectivity index (χ4v) is 3.24. The Morgan fingerprint density at radius 3 is 2.45 bits per heavy atom. The molecule has 3 aromatic carbocycles. The predicted octanol–water partition coefficient (Wildman–Crippen LogP) is 7.05. The van der Waals surface area contributed by atoms with Crippen LogP contribution in [0, 0.1) is 26.4 Å². The second-order valence-corrected chi connectivity index (χ2v) is 6.59. The van der Waals surface area contributed by atoms with Gasteiger partial charge in [-0.1, -0.05) is 67.0 Å². The molecular formula is C26H19IrN2-. The van der Waals surface area contributed by atoms with Gasteiger partial charge in [0, 0.05) is 30.4 Å². The smallest absolute Gasteiger partial charge is 0.187 e. The van der Waals surface area contributed by atoms with E-state index in [1.807, 2.05) is 67.6 Å².